The van der Waals surface area contributed by atoms with Gasteiger partial charge in [-0.2, -0.15) is 17.4 Å². The third-order valence-electron chi connectivity index (χ3n) is 2.78. The van der Waals surface area contributed by atoms with Crippen LogP contribution in [0.3, 0.4) is 0 Å². The molecule has 0 saturated carbocycles. The summed E-state index contributed by atoms with van der Waals surface area (Å²) < 4.78 is 27.8. The first-order chi connectivity index (χ1) is 8.95. The minimum atomic E-state index is -3.48. The van der Waals surface area contributed by atoms with Crippen molar-refractivity contribution in [3.63, 3.8) is 0 Å². The van der Waals surface area contributed by atoms with E-state index in [1.165, 1.54) is 11.4 Å². The molecule has 0 saturated heterocycles. The van der Waals surface area contributed by atoms with Gasteiger partial charge in [0.15, 0.2) is 0 Å². The summed E-state index contributed by atoms with van der Waals surface area (Å²) in [6.07, 6.45) is 1.08. The zero-order valence-electron chi connectivity index (χ0n) is 11.4. The minimum Gasteiger partial charge on any atom is -0.396 e. The van der Waals surface area contributed by atoms with E-state index in [1.54, 1.807) is 0 Å². The maximum atomic E-state index is 12.0. The summed E-state index contributed by atoms with van der Waals surface area (Å²) in [5.41, 5.74) is 1.09. The number of nitrogens with zero attached hydrogens (tertiary/aromatic N) is 1. The van der Waals surface area contributed by atoms with E-state index in [9.17, 15) is 8.42 Å². The lowest BCUT2D eigenvalue weighted by atomic mass is 10.1. The van der Waals surface area contributed by atoms with Gasteiger partial charge < -0.3 is 5.11 Å². The van der Waals surface area contributed by atoms with Crippen molar-refractivity contribution in [3.8, 4) is 0 Å². The fourth-order valence-electron chi connectivity index (χ4n) is 1.77. The molecule has 1 aromatic rings. The summed E-state index contributed by atoms with van der Waals surface area (Å²) in [5.74, 6) is 0. The number of aliphatic hydroxyl groups excluding tert-OH is 1. The van der Waals surface area contributed by atoms with Crippen LogP contribution >= 0.6 is 0 Å². The van der Waals surface area contributed by atoms with E-state index >= 15 is 0 Å². The van der Waals surface area contributed by atoms with E-state index < -0.39 is 10.2 Å². The smallest absolute Gasteiger partial charge is 0.279 e. The average Bonchev–Trinajstić information content (AvgIpc) is 2.36. The van der Waals surface area contributed by atoms with Gasteiger partial charge in [0.05, 0.1) is 0 Å². The van der Waals surface area contributed by atoms with Crippen molar-refractivity contribution in [2.45, 2.75) is 25.8 Å². The number of nitrogens with one attached hydrogen (secondary N) is 1. The lowest BCUT2D eigenvalue weighted by Crippen LogP contribution is -2.43. The molecule has 0 heterocycles. The third-order valence-corrected chi connectivity index (χ3v) is 4.48. The van der Waals surface area contributed by atoms with Crippen LogP contribution in [0.2, 0.25) is 0 Å². The predicted molar refractivity (Wildman–Crippen MR) is 76.0 cm³/mol. The number of rotatable bonds is 8. The van der Waals surface area contributed by atoms with Crippen LogP contribution in [0.5, 0.6) is 0 Å². The molecule has 0 spiro atoms. The number of aliphatic hydroxyl groups is 1. The molecule has 0 aliphatic carbocycles. The van der Waals surface area contributed by atoms with Crippen LogP contribution in [-0.4, -0.2) is 44.1 Å². The molecule has 1 rings (SSSR count). The number of hydrogen-bond donors (Lipinski definition) is 2. The Morgan fingerprint density at radius 1 is 1.32 bits per heavy atom. The molecule has 0 aromatic heterocycles. The molecule has 19 heavy (non-hydrogen) atoms. The number of benzene rings is 1. The molecule has 6 heteroatoms. The Kier molecular flexibility index (Phi) is 6.44. The highest BCUT2D eigenvalue weighted by Gasteiger charge is 2.19. The first-order valence-corrected chi connectivity index (χ1v) is 7.78. The van der Waals surface area contributed by atoms with Crippen LogP contribution in [0.4, 0.5) is 0 Å². The van der Waals surface area contributed by atoms with Crippen molar-refractivity contribution in [1.82, 2.24) is 9.03 Å². The molecule has 0 bridgehead atoms. The molecule has 5 nitrogen and oxygen atoms in total. The maximum absolute atomic E-state index is 12.0. The van der Waals surface area contributed by atoms with Gasteiger partial charge in [-0.1, -0.05) is 30.3 Å². The van der Waals surface area contributed by atoms with Gasteiger partial charge in [0.25, 0.3) is 10.2 Å². The van der Waals surface area contributed by atoms with Crippen LogP contribution in [0, 0.1) is 0 Å². The van der Waals surface area contributed by atoms with Gasteiger partial charge in [-0.05, 0) is 25.3 Å². The van der Waals surface area contributed by atoms with Gasteiger partial charge in [0.2, 0.25) is 0 Å². The summed E-state index contributed by atoms with van der Waals surface area (Å²) in [6, 6.07) is 9.57. The molecule has 1 unspecified atom stereocenters. The van der Waals surface area contributed by atoms with Gasteiger partial charge in [-0.25, -0.2) is 0 Å². The van der Waals surface area contributed by atoms with Crippen LogP contribution in [0.1, 0.15) is 18.9 Å². The lowest BCUT2D eigenvalue weighted by molar-refractivity contribution is 0.275. The Bertz CT molecular complexity index is 462. The van der Waals surface area contributed by atoms with Crippen LogP contribution in [0.25, 0.3) is 0 Å². The Morgan fingerprint density at radius 3 is 2.53 bits per heavy atom. The Labute approximate surface area is 115 Å². The van der Waals surface area contributed by atoms with Crippen LogP contribution < -0.4 is 4.72 Å². The molecular weight excluding hydrogens is 264 g/mol. The minimum absolute atomic E-state index is 0.0145. The van der Waals surface area contributed by atoms with Gasteiger partial charge in [-0.3, -0.25) is 0 Å². The largest absolute Gasteiger partial charge is 0.396 e. The Hall–Kier alpha value is -0.950. The molecule has 0 fully saturated rings. The van der Waals surface area contributed by atoms with Crippen LogP contribution in [-0.2, 0) is 16.6 Å². The topological polar surface area (TPSA) is 69.6 Å². The molecule has 2 N–H and O–H groups in total. The molecule has 0 amide bonds. The molecule has 0 aliphatic rings. The summed E-state index contributed by atoms with van der Waals surface area (Å²) in [4.78, 5) is 0. The van der Waals surface area contributed by atoms with Gasteiger partial charge in [0.1, 0.15) is 0 Å². The first-order valence-electron chi connectivity index (χ1n) is 6.34. The van der Waals surface area contributed by atoms with Gasteiger partial charge >= 0.3 is 0 Å². The highest BCUT2D eigenvalue weighted by Crippen LogP contribution is 2.05. The predicted octanol–water partition coefficient (Wildman–Crippen LogP) is 0.766. The molecule has 1 atom stereocenters. The SMILES string of the molecule is CC(Cc1ccccc1)NS(=O)(=O)N(C)CCCO. The monoisotopic (exact) mass is 286 g/mol. The second kappa shape index (κ2) is 7.59. The molecule has 1 aromatic carbocycles. The standard InChI is InChI=1S/C13H22N2O3S/c1-12(11-13-7-4-3-5-8-13)14-19(17,18)15(2)9-6-10-16/h3-5,7-8,12,14,16H,6,9-11H2,1-2H3. The van der Waals surface area contributed by atoms with Crippen molar-refractivity contribution in [1.29, 1.82) is 0 Å². The van der Waals surface area contributed by atoms with E-state index in [2.05, 4.69) is 4.72 Å². The van der Waals surface area contributed by atoms with Gasteiger partial charge in [-0.15, -0.1) is 0 Å². The quantitative estimate of drug-likeness (QED) is 0.741. The highest BCUT2D eigenvalue weighted by molar-refractivity contribution is 7.87. The summed E-state index contributed by atoms with van der Waals surface area (Å²) in [7, 11) is -1.97. The van der Waals surface area contributed by atoms with Gasteiger partial charge in [0, 0.05) is 26.2 Å². The second-order valence-corrected chi connectivity index (χ2v) is 6.42. The zero-order chi connectivity index (χ0) is 14.3. The summed E-state index contributed by atoms with van der Waals surface area (Å²) in [6.45, 7) is 2.13. The van der Waals surface area contributed by atoms with E-state index in [0.29, 0.717) is 19.4 Å². The van der Waals surface area contributed by atoms with E-state index in [4.69, 9.17) is 5.11 Å². The lowest BCUT2D eigenvalue weighted by Gasteiger charge is -2.20. The summed E-state index contributed by atoms with van der Waals surface area (Å²) in [5, 5.41) is 8.72. The fourth-order valence-corrected chi connectivity index (χ4v) is 2.91. The number of hydrogen-bond acceptors (Lipinski definition) is 3. The van der Waals surface area contributed by atoms with E-state index in [1.807, 2.05) is 37.3 Å². The van der Waals surface area contributed by atoms with Crippen molar-refractivity contribution in [2.75, 3.05) is 20.2 Å². The van der Waals surface area contributed by atoms with Crippen molar-refractivity contribution in [2.24, 2.45) is 0 Å². The van der Waals surface area contributed by atoms with Crippen molar-refractivity contribution in [3.05, 3.63) is 35.9 Å². The fraction of sp³-hybridized carbons (Fsp3) is 0.538. The highest BCUT2D eigenvalue weighted by atomic mass is 32.2. The molecule has 108 valence electrons. The van der Waals surface area contributed by atoms with Crippen LogP contribution in [0.15, 0.2) is 30.3 Å². The Morgan fingerprint density at radius 2 is 1.95 bits per heavy atom. The molecule has 0 aliphatic heterocycles. The second-order valence-electron chi connectivity index (χ2n) is 4.61. The Balaban J connectivity index is 2.53. The maximum Gasteiger partial charge on any atom is 0.279 e. The van der Waals surface area contributed by atoms with Crippen molar-refractivity contribution < 1.29 is 13.5 Å². The average molecular weight is 286 g/mol. The normalized spacial score (nSPS) is 13.7. The molecule has 0 radical (unpaired) electrons. The molecular formula is C13H22N2O3S. The van der Waals surface area contributed by atoms with E-state index in [0.717, 1.165) is 5.56 Å². The zero-order valence-corrected chi connectivity index (χ0v) is 12.2. The first kappa shape index (κ1) is 16.1. The van der Waals surface area contributed by atoms with E-state index in [-0.39, 0.29) is 12.6 Å². The van der Waals surface area contributed by atoms with Crippen molar-refractivity contribution >= 4 is 10.2 Å². The summed E-state index contributed by atoms with van der Waals surface area (Å²) >= 11 is 0. The third kappa shape index (κ3) is 5.69.